The number of H-pyrrole nitrogens is 1. The van der Waals surface area contributed by atoms with Crippen LogP contribution in [-0.2, 0) is 6.42 Å². The van der Waals surface area contributed by atoms with Crippen molar-refractivity contribution in [2.45, 2.75) is 32.8 Å². The van der Waals surface area contributed by atoms with E-state index in [1.807, 2.05) is 6.92 Å². The lowest BCUT2D eigenvalue weighted by Gasteiger charge is -2.17. The van der Waals surface area contributed by atoms with Gasteiger partial charge < -0.3 is 19.7 Å². The van der Waals surface area contributed by atoms with E-state index in [-0.39, 0.29) is 30.3 Å². The van der Waals surface area contributed by atoms with Crippen LogP contribution in [0, 0.1) is 0 Å². The lowest BCUT2D eigenvalue weighted by Crippen LogP contribution is -2.25. The molecule has 0 amide bonds. The highest BCUT2D eigenvalue weighted by Crippen LogP contribution is 2.33. The van der Waals surface area contributed by atoms with Crippen molar-refractivity contribution in [3.05, 3.63) is 45.9 Å². The van der Waals surface area contributed by atoms with Gasteiger partial charge in [0.25, 0.3) is 0 Å². The molecule has 0 saturated heterocycles. The van der Waals surface area contributed by atoms with Gasteiger partial charge in [-0.25, -0.2) is 5.10 Å². The van der Waals surface area contributed by atoms with Crippen molar-refractivity contribution in [1.29, 1.82) is 0 Å². The quantitative estimate of drug-likeness (QED) is 0.369. The molecule has 0 aliphatic rings. The van der Waals surface area contributed by atoms with Crippen LogP contribution in [-0.4, -0.2) is 55.9 Å². The highest BCUT2D eigenvalue weighted by Gasteiger charge is 2.17. The van der Waals surface area contributed by atoms with Gasteiger partial charge in [0.15, 0.2) is 11.6 Å². The molecule has 1 aromatic heterocycles. The van der Waals surface area contributed by atoms with E-state index in [1.54, 1.807) is 24.3 Å². The van der Waals surface area contributed by atoms with Gasteiger partial charge in [-0.2, -0.15) is 0 Å². The SMILES string of the molecule is CCCc1c(OCC(O)COc2ccc(-c3nnn[nH]3)cc2Br)ccc(C(C)=O)c1O. The molecule has 2 aromatic carbocycles. The first-order chi connectivity index (χ1) is 14.9. The van der Waals surface area contributed by atoms with E-state index in [0.717, 1.165) is 12.0 Å². The van der Waals surface area contributed by atoms with Gasteiger partial charge >= 0.3 is 0 Å². The number of ketones is 1. The third-order valence-corrected chi connectivity index (χ3v) is 5.15. The van der Waals surface area contributed by atoms with Gasteiger partial charge in [0.05, 0.1) is 10.0 Å². The van der Waals surface area contributed by atoms with Crippen LogP contribution in [0.25, 0.3) is 11.4 Å². The van der Waals surface area contributed by atoms with E-state index in [2.05, 4.69) is 36.6 Å². The summed E-state index contributed by atoms with van der Waals surface area (Å²) in [6, 6.07) is 8.51. The molecule has 9 nitrogen and oxygen atoms in total. The van der Waals surface area contributed by atoms with Gasteiger partial charge in [-0.3, -0.25) is 4.79 Å². The van der Waals surface area contributed by atoms with Crippen LogP contribution in [0.2, 0.25) is 0 Å². The third kappa shape index (κ3) is 5.59. The molecule has 164 valence electrons. The molecule has 1 unspecified atom stereocenters. The summed E-state index contributed by atoms with van der Waals surface area (Å²) in [6.07, 6.45) is 0.411. The van der Waals surface area contributed by atoms with E-state index < -0.39 is 6.10 Å². The number of Topliss-reactive ketones (excluding diaryl/α,β-unsaturated/α-hetero) is 1. The molecule has 0 aliphatic heterocycles. The minimum Gasteiger partial charge on any atom is -0.507 e. The number of nitrogens with zero attached hydrogens (tertiary/aromatic N) is 3. The largest absolute Gasteiger partial charge is 0.507 e. The fraction of sp³-hybridized carbons (Fsp3) is 0.333. The number of rotatable bonds is 10. The number of aromatic amines is 1. The van der Waals surface area contributed by atoms with Gasteiger partial charge in [-0.05, 0) is 70.0 Å². The number of carbonyl (C=O) groups is 1. The van der Waals surface area contributed by atoms with Crippen LogP contribution >= 0.6 is 15.9 Å². The molecule has 0 aliphatic carbocycles. The molecule has 0 spiro atoms. The maximum absolute atomic E-state index is 11.7. The number of aromatic hydroxyl groups is 1. The molecule has 0 saturated carbocycles. The van der Waals surface area contributed by atoms with Crippen molar-refractivity contribution in [2.75, 3.05) is 13.2 Å². The molecular weight excluding hydrogens is 468 g/mol. The van der Waals surface area contributed by atoms with Crippen molar-refractivity contribution in [3.8, 4) is 28.6 Å². The van der Waals surface area contributed by atoms with E-state index in [4.69, 9.17) is 9.47 Å². The standard InChI is InChI=1S/C21H23BrN4O5/c1-3-4-16-18(8-6-15(12(2)27)20(16)29)30-10-14(28)11-31-19-7-5-13(9-17(19)22)21-23-25-26-24-21/h5-9,14,28-29H,3-4,10-11H2,1-2H3,(H,23,24,25,26). The van der Waals surface area contributed by atoms with E-state index in [0.29, 0.717) is 33.8 Å². The van der Waals surface area contributed by atoms with Crippen LogP contribution < -0.4 is 9.47 Å². The summed E-state index contributed by atoms with van der Waals surface area (Å²) >= 11 is 3.44. The number of hydrogen-bond donors (Lipinski definition) is 3. The Morgan fingerprint density at radius 1 is 1.19 bits per heavy atom. The lowest BCUT2D eigenvalue weighted by molar-refractivity contribution is 0.0619. The van der Waals surface area contributed by atoms with Gasteiger partial charge in [0.1, 0.15) is 36.6 Å². The lowest BCUT2D eigenvalue weighted by atomic mass is 10.0. The predicted octanol–water partition coefficient (Wildman–Crippen LogP) is 3.31. The molecule has 31 heavy (non-hydrogen) atoms. The van der Waals surface area contributed by atoms with Gasteiger partial charge in [0, 0.05) is 11.1 Å². The first kappa shape index (κ1) is 22.7. The second kappa shape index (κ2) is 10.4. The zero-order chi connectivity index (χ0) is 22.4. The molecule has 10 heteroatoms. The average molecular weight is 491 g/mol. The first-order valence-electron chi connectivity index (χ1n) is 9.73. The number of tetrazole rings is 1. The minimum atomic E-state index is -0.908. The Balaban J connectivity index is 1.60. The van der Waals surface area contributed by atoms with Crippen molar-refractivity contribution < 1.29 is 24.5 Å². The maximum Gasteiger partial charge on any atom is 0.179 e. The zero-order valence-corrected chi connectivity index (χ0v) is 18.7. The third-order valence-electron chi connectivity index (χ3n) is 4.53. The highest BCUT2D eigenvalue weighted by atomic mass is 79.9. The molecule has 0 fully saturated rings. The van der Waals surface area contributed by atoms with Crippen molar-refractivity contribution in [1.82, 2.24) is 20.6 Å². The number of aliphatic hydroxyl groups is 1. The number of nitrogens with one attached hydrogen (secondary N) is 1. The molecule has 1 heterocycles. The van der Waals surface area contributed by atoms with Crippen LogP contribution in [0.5, 0.6) is 17.2 Å². The Morgan fingerprint density at radius 3 is 2.52 bits per heavy atom. The normalized spacial score (nSPS) is 11.9. The molecular formula is C21H23BrN4O5. The molecule has 3 rings (SSSR count). The molecule has 3 N–H and O–H groups in total. The fourth-order valence-corrected chi connectivity index (χ4v) is 3.49. The van der Waals surface area contributed by atoms with Gasteiger partial charge in [-0.15, -0.1) is 5.10 Å². The number of ether oxygens (including phenoxy) is 2. The summed E-state index contributed by atoms with van der Waals surface area (Å²) in [7, 11) is 0. The van der Waals surface area contributed by atoms with E-state index in [1.165, 1.54) is 13.0 Å². The first-order valence-corrected chi connectivity index (χ1v) is 10.5. The van der Waals surface area contributed by atoms with Crippen molar-refractivity contribution in [2.24, 2.45) is 0 Å². The molecule has 0 radical (unpaired) electrons. The van der Waals surface area contributed by atoms with Crippen LogP contribution in [0.4, 0.5) is 0 Å². The monoisotopic (exact) mass is 490 g/mol. The Morgan fingerprint density at radius 2 is 1.90 bits per heavy atom. The van der Waals surface area contributed by atoms with Crippen LogP contribution in [0.15, 0.2) is 34.8 Å². The van der Waals surface area contributed by atoms with Crippen molar-refractivity contribution in [3.63, 3.8) is 0 Å². The minimum absolute atomic E-state index is 0.00241. The summed E-state index contributed by atoms with van der Waals surface area (Å²) < 4.78 is 12.1. The Kier molecular flexibility index (Phi) is 7.59. The Hall–Kier alpha value is -2.98. The summed E-state index contributed by atoms with van der Waals surface area (Å²) in [6.45, 7) is 3.34. The number of benzene rings is 2. The molecule has 1 atom stereocenters. The number of phenolic OH excluding ortho intramolecular Hbond substituents is 1. The average Bonchev–Trinajstić information content (AvgIpc) is 3.28. The number of phenols is 1. The number of halogens is 1. The number of aromatic nitrogens is 4. The van der Waals surface area contributed by atoms with Gasteiger partial charge in [-0.1, -0.05) is 13.3 Å². The summed E-state index contributed by atoms with van der Waals surface area (Å²) in [5.41, 5.74) is 1.60. The maximum atomic E-state index is 11.7. The highest BCUT2D eigenvalue weighted by molar-refractivity contribution is 9.10. The van der Waals surface area contributed by atoms with Crippen molar-refractivity contribution >= 4 is 21.7 Å². The van der Waals surface area contributed by atoms with E-state index >= 15 is 0 Å². The summed E-state index contributed by atoms with van der Waals surface area (Å²) in [5, 5.41) is 34.3. The smallest absolute Gasteiger partial charge is 0.179 e. The topological polar surface area (TPSA) is 130 Å². The fourth-order valence-electron chi connectivity index (χ4n) is 3.00. The van der Waals surface area contributed by atoms with Crippen LogP contribution in [0.3, 0.4) is 0 Å². The Labute approximate surface area is 187 Å². The number of aliphatic hydroxyl groups excluding tert-OH is 1. The summed E-state index contributed by atoms with van der Waals surface area (Å²) in [4.78, 5) is 11.7. The summed E-state index contributed by atoms with van der Waals surface area (Å²) in [5.74, 6) is 1.23. The second-order valence-corrected chi connectivity index (χ2v) is 7.77. The van der Waals surface area contributed by atoms with Crippen LogP contribution in [0.1, 0.15) is 36.2 Å². The number of carbonyl (C=O) groups excluding carboxylic acids is 1. The number of hydrogen-bond acceptors (Lipinski definition) is 8. The van der Waals surface area contributed by atoms with E-state index in [9.17, 15) is 15.0 Å². The van der Waals surface area contributed by atoms with Gasteiger partial charge in [0.2, 0.25) is 0 Å². The zero-order valence-electron chi connectivity index (χ0n) is 17.1. The molecule has 3 aromatic rings. The second-order valence-electron chi connectivity index (χ2n) is 6.92. The predicted molar refractivity (Wildman–Crippen MR) is 116 cm³/mol. The Bertz CT molecular complexity index is 1040. The molecule has 0 bridgehead atoms.